The number of carbonyl (C=O) groups is 2. The van der Waals surface area contributed by atoms with Gasteiger partial charge in [-0.3, -0.25) is 9.59 Å². The van der Waals surface area contributed by atoms with Crippen molar-refractivity contribution < 1.29 is 14.1 Å². The smallest absolute Gasteiger partial charge is 0.293 e. The summed E-state index contributed by atoms with van der Waals surface area (Å²) in [5.41, 5.74) is 2.33. The van der Waals surface area contributed by atoms with Gasteiger partial charge in [0, 0.05) is 30.1 Å². The van der Waals surface area contributed by atoms with Crippen molar-refractivity contribution in [1.29, 1.82) is 0 Å². The van der Waals surface area contributed by atoms with Crippen molar-refractivity contribution >= 4 is 11.8 Å². The molecule has 0 unspecified atom stereocenters. The molecule has 4 fully saturated rings. The first-order chi connectivity index (χ1) is 13.9. The van der Waals surface area contributed by atoms with Crippen LogP contribution in [0.25, 0.3) is 11.3 Å². The Morgan fingerprint density at radius 3 is 2.76 bits per heavy atom. The fourth-order valence-corrected chi connectivity index (χ4v) is 5.13. The minimum Gasteiger partial charge on any atom is -0.353 e. The molecule has 4 aliphatic rings. The second kappa shape index (κ2) is 6.44. The zero-order valence-corrected chi connectivity index (χ0v) is 17.0. The van der Waals surface area contributed by atoms with E-state index in [0.717, 1.165) is 49.8 Å². The predicted octanol–water partition coefficient (Wildman–Crippen LogP) is 3.56. The lowest BCUT2D eigenvalue weighted by molar-refractivity contribution is -0.127. The highest BCUT2D eigenvalue weighted by Crippen LogP contribution is 2.52. The average molecular weight is 393 g/mol. The maximum Gasteiger partial charge on any atom is 0.293 e. The molecule has 2 aliphatic carbocycles. The van der Waals surface area contributed by atoms with Crippen LogP contribution in [0.3, 0.4) is 0 Å². The maximum absolute atomic E-state index is 13.2. The predicted molar refractivity (Wildman–Crippen MR) is 108 cm³/mol. The van der Waals surface area contributed by atoms with Crippen molar-refractivity contribution in [3.8, 4) is 11.3 Å². The fourth-order valence-electron chi connectivity index (χ4n) is 5.13. The van der Waals surface area contributed by atoms with Crippen LogP contribution in [0.5, 0.6) is 0 Å². The number of hydrogen-bond donors (Lipinski definition) is 1. The highest BCUT2D eigenvalue weighted by molar-refractivity contribution is 5.94. The molecule has 0 spiro atoms. The monoisotopic (exact) mass is 393 g/mol. The Balaban J connectivity index is 1.30. The van der Waals surface area contributed by atoms with E-state index in [1.807, 2.05) is 36.1 Å². The Hall–Kier alpha value is -2.63. The molecule has 1 N–H and O–H groups in total. The van der Waals surface area contributed by atoms with E-state index in [0.29, 0.717) is 18.2 Å². The first kappa shape index (κ1) is 18.4. The fraction of sp³-hybridized carbons (Fsp3) is 0.522. The van der Waals surface area contributed by atoms with Crippen LogP contribution in [0.1, 0.15) is 55.1 Å². The van der Waals surface area contributed by atoms with E-state index < -0.39 is 0 Å². The van der Waals surface area contributed by atoms with E-state index in [9.17, 15) is 9.59 Å². The van der Waals surface area contributed by atoms with Crippen LogP contribution in [-0.4, -0.2) is 40.5 Å². The van der Waals surface area contributed by atoms with Crippen molar-refractivity contribution in [3.05, 3.63) is 41.7 Å². The van der Waals surface area contributed by atoms with E-state index in [2.05, 4.69) is 17.4 Å². The molecule has 2 saturated carbocycles. The number of hydrogen-bond acceptors (Lipinski definition) is 4. The summed E-state index contributed by atoms with van der Waals surface area (Å²) in [6, 6.07) is 9.71. The van der Waals surface area contributed by atoms with Crippen LogP contribution in [0, 0.1) is 18.3 Å². The third-order valence-electron chi connectivity index (χ3n) is 7.22. The summed E-state index contributed by atoms with van der Waals surface area (Å²) in [5.74, 6) is 0.823. The summed E-state index contributed by atoms with van der Waals surface area (Å²) in [6.45, 7) is 5.36. The number of benzene rings is 1. The van der Waals surface area contributed by atoms with Gasteiger partial charge >= 0.3 is 0 Å². The van der Waals surface area contributed by atoms with Crippen molar-refractivity contribution in [1.82, 2.24) is 15.4 Å². The minimum absolute atomic E-state index is 0.123. The summed E-state index contributed by atoms with van der Waals surface area (Å²) >= 11 is 0. The molecule has 2 saturated heterocycles. The molecule has 3 heterocycles. The van der Waals surface area contributed by atoms with Gasteiger partial charge in [-0.05, 0) is 51.0 Å². The first-order valence-electron chi connectivity index (χ1n) is 10.6. The molecule has 1 aromatic carbocycles. The lowest BCUT2D eigenvalue weighted by Crippen LogP contribution is -2.56. The van der Waals surface area contributed by atoms with E-state index in [-0.39, 0.29) is 28.5 Å². The standard InChI is InChI=1S/C23H27N3O3/c1-3-22(7-8-22)21(28)24-14-23-11-16(12-23)13-26(23)20(27)19-10-18(25-29-19)17-6-4-5-15(2)9-17/h4-6,9-10,16H,3,7-8,11-14H2,1-2H3,(H,24,28). The molecular formula is C23H27N3O3. The zero-order chi connectivity index (χ0) is 20.2. The quantitative estimate of drug-likeness (QED) is 0.814. The maximum atomic E-state index is 13.2. The van der Waals surface area contributed by atoms with Gasteiger partial charge in [0.05, 0.1) is 5.54 Å². The molecule has 2 aromatic rings. The number of fused-ring (bicyclic) bond motifs is 1. The zero-order valence-electron chi connectivity index (χ0n) is 17.0. The largest absolute Gasteiger partial charge is 0.353 e. The lowest BCUT2D eigenvalue weighted by Gasteiger charge is -2.42. The van der Waals surface area contributed by atoms with Gasteiger partial charge in [0.25, 0.3) is 5.91 Å². The Morgan fingerprint density at radius 2 is 2.07 bits per heavy atom. The summed E-state index contributed by atoms with van der Waals surface area (Å²) < 4.78 is 5.42. The summed E-state index contributed by atoms with van der Waals surface area (Å²) in [5, 5.41) is 7.27. The van der Waals surface area contributed by atoms with Crippen LogP contribution >= 0.6 is 0 Å². The SMILES string of the molecule is CCC1(C(=O)NCC23CC(CN2C(=O)c2cc(-c4cccc(C)c4)no2)C3)CC1. The molecule has 29 heavy (non-hydrogen) atoms. The Labute approximate surface area is 170 Å². The summed E-state index contributed by atoms with van der Waals surface area (Å²) in [4.78, 5) is 27.7. The second-order valence-corrected chi connectivity index (χ2v) is 9.18. The molecule has 0 radical (unpaired) electrons. The molecule has 1 aromatic heterocycles. The van der Waals surface area contributed by atoms with E-state index in [1.54, 1.807) is 6.07 Å². The molecule has 0 atom stereocenters. The molecule has 6 heteroatoms. The highest BCUT2D eigenvalue weighted by atomic mass is 16.5. The van der Waals surface area contributed by atoms with Gasteiger partial charge in [-0.1, -0.05) is 35.8 Å². The Bertz CT molecular complexity index is 969. The summed E-state index contributed by atoms with van der Waals surface area (Å²) in [7, 11) is 0. The van der Waals surface area contributed by atoms with Crippen LogP contribution in [0.4, 0.5) is 0 Å². The van der Waals surface area contributed by atoms with Gasteiger partial charge in [0.15, 0.2) is 0 Å². The van der Waals surface area contributed by atoms with Gasteiger partial charge in [-0.15, -0.1) is 0 Å². The summed E-state index contributed by atoms with van der Waals surface area (Å²) in [6.07, 6.45) is 4.76. The molecule has 2 amide bonds. The Kier molecular flexibility index (Phi) is 4.09. The van der Waals surface area contributed by atoms with Crippen molar-refractivity contribution in [2.75, 3.05) is 13.1 Å². The van der Waals surface area contributed by atoms with Crippen molar-refractivity contribution in [3.63, 3.8) is 0 Å². The lowest BCUT2D eigenvalue weighted by atomic mass is 9.73. The average Bonchev–Trinajstić information content (AvgIpc) is 3.04. The first-order valence-corrected chi connectivity index (χ1v) is 10.6. The molecule has 2 bridgehead atoms. The van der Waals surface area contributed by atoms with Crippen LogP contribution < -0.4 is 5.32 Å². The molecule has 6 rings (SSSR count). The number of amides is 2. The van der Waals surface area contributed by atoms with Gasteiger partial charge in [0.2, 0.25) is 11.7 Å². The normalized spacial score (nSPS) is 26.1. The van der Waals surface area contributed by atoms with Crippen molar-refractivity contribution in [2.45, 2.75) is 51.5 Å². The number of aromatic nitrogens is 1. The van der Waals surface area contributed by atoms with Crippen LogP contribution in [0.2, 0.25) is 0 Å². The van der Waals surface area contributed by atoms with Crippen LogP contribution in [0.15, 0.2) is 34.9 Å². The third kappa shape index (κ3) is 2.96. The second-order valence-electron chi connectivity index (χ2n) is 9.18. The number of carbonyl (C=O) groups excluding carboxylic acids is 2. The van der Waals surface area contributed by atoms with Gasteiger partial charge in [0.1, 0.15) is 5.69 Å². The topological polar surface area (TPSA) is 75.4 Å². The third-order valence-corrected chi connectivity index (χ3v) is 7.22. The number of nitrogens with zero attached hydrogens (tertiary/aromatic N) is 2. The van der Waals surface area contributed by atoms with E-state index in [4.69, 9.17) is 4.52 Å². The highest BCUT2D eigenvalue weighted by Gasteiger charge is 2.59. The van der Waals surface area contributed by atoms with Gasteiger partial charge in [-0.2, -0.15) is 0 Å². The van der Waals surface area contributed by atoms with E-state index in [1.165, 1.54) is 0 Å². The van der Waals surface area contributed by atoms with Gasteiger partial charge < -0.3 is 14.7 Å². The molecule has 6 nitrogen and oxygen atoms in total. The number of nitrogens with one attached hydrogen (secondary N) is 1. The van der Waals surface area contributed by atoms with Gasteiger partial charge in [-0.25, -0.2) is 0 Å². The molecular weight excluding hydrogens is 366 g/mol. The Morgan fingerprint density at radius 1 is 1.28 bits per heavy atom. The van der Waals surface area contributed by atoms with Crippen LogP contribution in [-0.2, 0) is 4.79 Å². The van der Waals surface area contributed by atoms with E-state index >= 15 is 0 Å². The number of rotatable bonds is 6. The molecule has 2 aliphatic heterocycles. The molecule has 152 valence electrons. The minimum atomic E-state index is -0.266. The van der Waals surface area contributed by atoms with Crippen molar-refractivity contribution in [2.24, 2.45) is 11.3 Å². The number of aryl methyl sites for hydroxylation is 1.